The molecular weight excluding hydrogens is 564 g/mol. The van der Waals surface area contributed by atoms with E-state index in [4.69, 9.17) is 15.2 Å². The highest BCUT2D eigenvalue weighted by Crippen LogP contribution is 2.32. The molecule has 1 aromatic carbocycles. The number of rotatable bonds is 9. The number of nitro benzene ring substituents is 1. The Bertz CT molecular complexity index is 1470. The summed E-state index contributed by atoms with van der Waals surface area (Å²) in [4.78, 5) is 49.9. The zero-order valence-electron chi connectivity index (χ0n) is 23.5. The topological polar surface area (TPSA) is 221 Å². The van der Waals surface area contributed by atoms with E-state index >= 15 is 0 Å². The molecule has 2 fully saturated rings. The van der Waals surface area contributed by atoms with Gasteiger partial charge < -0.3 is 35.6 Å². The lowest BCUT2D eigenvalue weighted by molar-refractivity contribution is -0.384. The molecule has 2 amide bonds. The normalized spacial score (nSPS) is 22.5. The first-order chi connectivity index (χ1) is 20.7. The number of non-ortho nitro benzene ring substituents is 1. The number of nitrogens with one attached hydrogen (secondary N) is 1. The molecule has 16 nitrogen and oxygen atoms in total. The van der Waals surface area contributed by atoms with Gasteiger partial charge in [0, 0.05) is 38.2 Å². The first-order valence-electron chi connectivity index (χ1n) is 14.2. The first kappa shape index (κ1) is 30.1. The second-order valence-corrected chi connectivity index (χ2v) is 10.6. The molecule has 16 heteroatoms. The van der Waals surface area contributed by atoms with E-state index in [-0.39, 0.29) is 17.3 Å². The number of aryl methyl sites for hydroxylation is 1. The molecule has 1 unspecified atom stereocenters. The smallest absolute Gasteiger partial charge is 0.410 e. The summed E-state index contributed by atoms with van der Waals surface area (Å²) in [6.07, 6.45) is -0.446. The number of piperidine rings is 1. The van der Waals surface area contributed by atoms with Crippen LogP contribution < -0.4 is 15.8 Å². The Kier molecular flexibility index (Phi) is 8.98. The number of likely N-dealkylation sites (N-methyl/N-ethyl adjacent to an activating group) is 1. The van der Waals surface area contributed by atoms with Crippen LogP contribution in [0.2, 0.25) is 0 Å². The third-order valence-corrected chi connectivity index (χ3v) is 7.75. The van der Waals surface area contributed by atoms with Crippen molar-refractivity contribution in [2.45, 2.75) is 63.6 Å². The molecule has 0 spiro atoms. The highest BCUT2D eigenvalue weighted by Gasteiger charge is 2.47. The number of anilines is 1. The average molecular weight is 599 g/mol. The van der Waals surface area contributed by atoms with Crippen LogP contribution in [0, 0.1) is 16.0 Å². The third-order valence-electron chi connectivity index (χ3n) is 7.75. The van der Waals surface area contributed by atoms with Crippen molar-refractivity contribution in [2.24, 2.45) is 5.92 Å². The summed E-state index contributed by atoms with van der Waals surface area (Å²) in [5, 5.41) is 34.4. The second-order valence-electron chi connectivity index (χ2n) is 10.6. The van der Waals surface area contributed by atoms with Gasteiger partial charge in [0.25, 0.3) is 11.6 Å². The highest BCUT2D eigenvalue weighted by molar-refractivity contribution is 5.83. The molecule has 4 atom stereocenters. The van der Waals surface area contributed by atoms with Gasteiger partial charge in [-0.2, -0.15) is 0 Å². The monoisotopic (exact) mass is 598 g/mol. The van der Waals surface area contributed by atoms with Crippen molar-refractivity contribution in [1.29, 1.82) is 0 Å². The van der Waals surface area contributed by atoms with Gasteiger partial charge in [0.2, 0.25) is 0 Å². The number of imidazole rings is 1. The highest BCUT2D eigenvalue weighted by atomic mass is 16.6. The van der Waals surface area contributed by atoms with Crippen molar-refractivity contribution in [1.82, 2.24) is 29.7 Å². The van der Waals surface area contributed by atoms with Gasteiger partial charge in [0.1, 0.15) is 29.3 Å². The van der Waals surface area contributed by atoms with Crippen LogP contribution >= 0.6 is 0 Å². The van der Waals surface area contributed by atoms with E-state index in [1.54, 1.807) is 11.8 Å². The van der Waals surface area contributed by atoms with Crippen molar-refractivity contribution in [3.8, 4) is 5.75 Å². The minimum atomic E-state index is -1.43. The standard InChI is InChI=1S/C27H34N8O8/c1-2-29-25(38)22-20(36)21(37)26(43-22)34-14-30-19-23(28)31-18(32-24(19)34)5-3-4-15-10-12-33(13-11-15)27(39)42-17-8-6-16(7-9-17)35(40)41/h6-9,14-15,20-22,26,36-37H,2-5,10-13H2,1H3,(H,29,38)(H2,28,31,32)/t20?,21-,22-,26+/m0/s1. The quantitative estimate of drug-likeness (QED) is 0.202. The lowest BCUT2D eigenvalue weighted by Crippen LogP contribution is -2.42. The van der Waals surface area contributed by atoms with E-state index in [9.17, 15) is 29.9 Å². The number of aliphatic hydroxyl groups is 2. The number of nitrogens with zero attached hydrogens (tertiary/aromatic N) is 6. The Labute approximate surface area is 246 Å². The van der Waals surface area contributed by atoms with Crippen molar-refractivity contribution < 1.29 is 34.2 Å². The maximum absolute atomic E-state index is 12.5. The number of benzene rings is 1. The number of hydrogen-bond acceptors (Lipinski definition) is 12. The summed E-state index contributed by atoms with van der Waals surface area (Å²) in [6.45, 7) is 3.17. The number of likely N-dealkylation sites (tertiary alicyclic amines) is 1. The number of aliphatic hydroxyl groups excluding tert-OH is 2. The fourth-order valence-corrected chi connectivity index (χ4v) is 5.42. The maximum Gasteiger partial charge on any atom is 0.415 e. The Morgan fingerprint density at radius 2 is 1.91 bits per heavy atom. The molecule has 2 aliphatic rings. The molecule has 2 aliphatic heterocycles. The van der Waals surface area contributed by atoms with Gasteiger partial charge in [-0.1, -0.05) is 0 Å². The number of fused-ring (bicyclic) bond motifs is 1. The molecule has 230 valence electrons. The van der Waals surface area contributed by atoms with E-state index in [0.29, 0.717) is 49.0 Å². The van der Waals surface area contributed by atoms with Crippen LogP contribution in [0.4, 0.5) is 16.3 Å². The van der Waals surface area contributed by atoms with Crippen molar-refractivity contribution in [2.75, 3.05) is 25.4 Å². The van der Waals surface area contributed by atoms with E-state index in [1.807, 2.05) is 0 Å². The Hall–Kier alpha value is -4.41. The van der Waals surface area contributed by atoms with Crippen molar-refractivity contribution in [3.05, 3.63) is 46.5 Å². The Morgan fingerprint density at radius 3 is 2.58 bits per heavy atom. The van der Waals surface area contributed by atoms with Crippen LogP contribution in [0.25, 0.3) is 11.2 Å². The van der Waals surface area contributed by atoms with Crippen LogP contribution in [0.5, 0.6) is 5.75 Å². The van der Waals surface area contributed by atoms with E-state index in [2.05, 4.69) is 20.3 Å². The number of nitrogen functional groups attached to an aromatic ring is 1. The van der Waals surface area contributed by atoms with Gasteiger partial charge in [-0.15, -0.1) is 0 Å². The Balaban J connectivity index is 1.14. The van der Waals surface area contributed by atoms with Gasteiger partial charge in [-0.05, 0) is 50.7 Å². The van der Waals surface area contributed by atoms with Crippen LogP contribution in [0.1, 0.15) is 44.7 Å². The van der Waals surface area contributed by atoms with Crippen LogP contribution in [-0.4, -0.2) is 89.5 Å². The number of carbonyl (C=O) groups is 2. The van der Waals surface area contributed by atoms with Crippen LogP contribution in [0.3, 0.4) is 0 Å². The van der Waals surface area contributed by atoms with Crippen LogP contribution in [0.15, 0.2) is 30.6 Å². The minimum absolute atomic E-state index is 0.0767. The molecule has 2 saturated heterocycles. The zero-order valence-corrected chi connectivity index (χ0v) is 23.5. The number of amides is 2. The lowest BCUT2D eigenvalue weighted by atomic mass is 9.91. The SMILES string of the molecule is CCNC(=O)[C@H]1O[C@@H](n2cnc3c(N)nc(CCCC4CCN(C(=O)Oc5ccc([N+](=O)[O-])cc5)CC4)nc32)[C@@H](O)C1O. The van der Waals surface area contributed by atoms with E-state index < -0.39 is 41.5 Å². The first-order valence-corrected chi connectivity index (χ1v) is 14.2. The van der Waals surface area contributed by atoms with Gasteiger partial charge in [0.05, 0.1) is 11.3 Å². The summed E-state index contributed by atoms with van der Waals surface area (Å²) in [7, 11) is 0. The summed E-state index contributed by atoms with van der Waals surface area (Å²) in [6, 6.07) is 5.38. The number of carbonyl (C=O) groups excluding carboxylic acids is 2. The molecule has 0 aliphatic carbocycles. The predicted molar refractivity (Wildman–Crippen MR) is 151 cm³/mol. The molecule has 0 saturated carbocycles. The lowest BCUT2D eigenvalue weighted by Gasteiger charge is -2.31. The molecule has 3 aromatic rings. The van der Waals surface area contributed by atoms with E-state index in [1.165, 1.54) is 35.2 Å². The summed E-state index contributed by atoms with van der Waals surface area (Å²) >= 11 is 0. The number of aromatic nitrogens is 4. The molecule has 5 rings (SSSR count). The number of nitrogens with two attached hydrogens (primary N) is 1. The maximum atomic E-state index is 12.5. The molecular formula is C27H34N8O8. The summed E-state index contributed by atoms with van der Waals surface area (Å²) < 4.78 is 12.5. The Morgan fingerprint density at radius 1 is 1.19 bits per heavy atom. The van der Waals surface area contributed by atoms with Gasteiger partial charge in [-0.3, -0.25) is 19.5 Å². The molecule has 0 bridgehead atoms. The number of ether oxygens (including phenoxy) is 2. The average Bonchev–Trinajstić information content (AvgIpc) is 3.54. The minimum Gasteiger partial charge on any atom is -0.410 e. The third kappa shape index (κ3) is 6.50. The van der Waals surface area contributed by atoms with Gasteiger partial charge >= 0.3 is 6.09 Å². The predicted octanol–water partition coefficient (Wildman–Crippen LogP) is 1.31. The summed E-state index contributed by atoms with van der Waals surface area (Å²) in [5.74, 6) is 0.783. The molecule has 43 heavy (non-hydrogen) atoms. The fourth-order valence-electron chi connectivity index (χ4n) is 5.42. The largest absolute Gasteiger partial charge is 0.415 e. The molecule has 4 heterocycles. The van der Waals surface area contributed by atoms with E-state index in [0.717, 1.165) is 25.7 Å². The number of hydrogen-bond donors (Lipinski definition) is 4. The molecule has 0 radical (unpaired) electrons. The van der Waals surface area contributed by atoms with Crippen molar-refractivity contribution >= 4 is 34.7 Å². The van der Waals surface area contributed by atoms with Gasteiger partial charge in [0.15, 0.2) is 23.8 Å². The fraction of sp³-hybridized carbons (Fsp3) is 0.519. The summed E-state index contributed by atoms with van der Waals surface area (Å²) in [5.41, 5.74) is 6.73. The number of nitro groups is 1. The zero-order chi connectivity index (χ0) is 30.7. The van der Waals surface area contributed by atoms with Crippen LogP contribution in [-0.2, 0) is 16.0 Å². The van der Waals surface area contributed by atoms with Gasteiger partial charge in [-0.25, -0.2) is 19.7 Å². The molecule has 5 N–H and O–H groups in total. The van der Waals surface area contributed by atoms with Crippen molar-refractivity contribution in [3.63, 3.8) is 0 Å². The molecule has 2 aromatic heterocycles. The second kappa shape index (κ2) is 12.8.